The van der Waals surface area contributed by atoms with Crippen molar-refractivity contribution in [2.24, 2.45) is 10.8 Å². The van der Waals surface area contributed by atoms with Gasteiger partial charge in [-0.15, -0.1) is 23.5 Å². The molecule has 6 amide bonds. The first-order valence-electron chi connectivity index (χ1n) is 27.3. The van der Waals surface area contributed by atoms with E-state index in [9.17, 15) is 28.8 Å². The molecule has 6 N–H and O–H groups in total. The Bertz CT molecular complexity index is 2190. The molecule has 4 fully saturated rings. The maximum atomic E-state index is 14.5. The van der Waals surface area contributed by atoms with Crippen molar-refractivity contribution in [2.75, 3.05) is 38.8 Å². The van der Waals surface area contributed by atoms with Gasteiger partial charge in [0.1, 0.15) is 24.2 Å². The highest BCUT2D eigenvalue weighted by atomic mass is 32.2. The molecule has 406 valence electrons. The summed E-state index contributed by atoms with van der Waals surface area (Å²) in [6.45, 7) is 12.9. The molecule has 6 aliphatic rings. The van der Waals surface area contributed by atoms with Crippen LogP contribution in [0.3, 0.4) is 0 Å². The van der Waals surface area contributed by atoms with Crippen molar-refractivity contribution in [1.29, 1.82) is 0 Å². The van der Waals surface area contributed by atoms with E-state index < -0.39 is 47.1 Å². The Morgan fingerprint density at radius 2 is 0.973 bits per heavy atom. The predicted molar refractivity (Wildman–Crippen MR) is 290 cm³/mol. The Labute approximate surface area is 447 Å². The van der Waals surface area contributed by atoms with Crippen molar-refractivity contribution in [1.82, 2.24) is 41.7 Å². The van der Waals surface area contributed by atoms with Crippen molar-refractivity contribution in [2.45, 2.75) is 190 Å². The minimum atomic E-state index is -0.693. The molecule has 74 heavy (non-hydrogen) atoms. The first-order valence-corrected chi connectivity index (χ1v) is 29.4. The van der Waals surface area contributed by atoms with Gasteiger partial charge in [-0.1, -0.05) is 102 Å². The van der Waals surface area contributed by atoms with Crippen molar-refractivity contribution >= 4 is 59.0 Å². The number of nitrogens with zero attached hydrogens (tertiary/aromatic N) is 2. The summed E-state index contributed by atoms with van der Waals surface area (Å²) >= 11 is 3.38. The highest BCUT2D eigenvalue weighted by Crippen LogP contribution is 2.48. The maximum absolute atomic E-state index is 14.5. The summed E-state index contributed by atoms with van der Waals surface area (Å²) < 4.78 is 13.2. The highest BCUT2D eigenvalue weighted by molar-refractivity contribution is 8.00. The molecule has 8 rings (SSSR count). The molecule has 2 aromatic carbocycles. The summed E-state index contributed by atoms with van der Waals surface area (Å²) in [7, 11) is 3.43. The number of carbonyl (C=O) groups is 6. The quantitative estimate of drug-likeness (QED) is 0.0886. The third-order valence-corrected chi connectivity index (χ3v) is 19.0. The molecule has 0 radical (unpaired) electrons. The van der Waals surface area contributed by atoms with Crippen LogP contribution in [-0.2, 0) is 51.1 Å². The predicted octanol–water partition coefficient (Wildman–Crippen LogP) is 5.29. The molecule has 4 saturated heterocycles. The third-order valence-electron chi connectivity index (χ3n) is 16.5. The van der Waals surface area contributed by atoms with E-state index in [0.29, 0.717) is 63.2 Å². The number of thioether (sulfide) groups is 2. The summed E-state index contributed by atoms with van der Waals surface area (Å²) in [5.74, 6) is 0.189. The molecule has 16 nitrogen and oxygen atoms in total. The molecule has 4 heterocycles. The number of likely N-dealkylation sites (N-methyl/N-ethyl adjacent to an activating group) is 2. The molecule has 4 aliphatic heterocycles. The zero-order valence-corrected chi connectivity index (χ0v) is 46.5. The number of hydrogen-bond acceptors (Lipinski definition) is 12. The lowest BCUT2D eigenvalue weighted by Crippen LogP contribution is -2.58. The molecule has 2 aliphatic carbocycles. The molecule has 0 aromatic heterocycles. The average Bonchev–Trinajstić information content (AvgIpc) is 4.02. The molecule has 0 bridgehead atoms. The van der Waals surface area contributed by atoms with E-state index in [1.807, 2.05) is 24.3 Å². The number of fused-ring (bicyclic) bond motifs is 4. The molecular weight excluding hydrogens is 977 g/mol. The molecular formula is C56H82N8O8S2. The van der Waals surface area contributed by atoms with E-state index in [2.05, 4.69) is 83.9 Å². The summed E-state index contributed by atoms with van der Waals surface area (Å²) in [4.78, 5) is 86.7. The van der Waals surface area contributed by atoms with Crippen LogP contribution in [0.15, 0.2) is 48.5 Å². The third kappa shape index (κ3) is 12.3. The number of benzene rings is 2. The standard InChI is InChI=1S/C56H82N8O8S2/c1-33(57-7)49(65)59-39-23-27-73-43-31-55(3,4)47(63(43)53(39)69)51(67)61-45-37-21-15-13-19-35(37)29-41(45)71-25-17-11-9-10-12-18-26-72-42-30-36-20-14-16-22-38(36)46(42)62-52(68)48-56(5,6)32-44-64(48)54(70)40(24-28-74-44)60-50(66)34(2)58-8/h13-16,19-22,33-34,39-48,57-58H,9-12,17-18,23-32H2,1-8H3,(H,59,65)(H,60,66)(H,61,67)(H,62,68)/t33-,34-,39-,40-,41+,42+,43-,44-,45-,46?,47+,48+/m0/s1. The number of carbonyl (C=O) groups excluding carboxylic acids is 6. The monoisotopic (exact) mass is 1060 g/mol. The number of hydrogen-bond donors (Lipinski definition) is 6. The Morgan fingerprint density at radius 1 is 0.595 bits per heavy atom. The van der Waals surface area contributed by atoms with Gasteiger partial charge in [-0.05, 0) is 111 Å². The second-order valence-corrected chi connectivity index (χ2v) is 25.3. The van der Waals surface area contributed by atoms with Gasteiger partial charge in [0.25, 0.3) is 0 Å². The Balaban J connectivity index is 0.796. The fourth-order valence-corrected chi connectivity index (χ4v) is 15.3. The van der Waals surface area contributed by atoms with Crippen molar-refractivity contribution in [3.8, 4) is 0 Å². The fraction of sp³-hybridized carbons (Fsp3) is 0.679. The van der Waals surface area contributed by atoms with Crippen LogP contribution in [0.5, 0.6) is 0 Å². The average molecular weight is 1060 g/mol. The molecule has 0 saturated carbocycles. The van der Waals surface area contributed by atoms with Crippen LogP contribution in [0.25, 0.3) is 0 Å². The zero-order valence-electron chi connectivity index (χ0n) is 44.8. The first-order chi connectivity index (χ1) is 35.4. The number of nitrogens with one attached hydrogen (secondary N) is 6. The second-order valence-electron chi connectivity index (χ2n) is 22.8. The molecule has 2 aromatic rings. The Morgan fingerprint density at radius 3 is 1.36 bits per heavy atom. The van der Waals surface area contributed by atoms with Crippen molar-refractivity contribution in [3.63, 3.8) is 0 Å². The van der Waals surface area contributed by atoms with E-state index in [1.165, 1.54) is 0 Å². The van der Waals surface area contributed by atoms with Gasteiger partial charge >= 0.3 is 0 Å². The van der Waals surface area contributed by atoms with Gasteiger partial charge in [-0.25, -0.2) is 0 Å². The van der Waals surface area contributed by atoms with Crippen LogP contribution < -0.4 is 31.9 Å². The lowest BCUT2D eigenvalue weighted by Gasteiger charge is -2.35. The van der Waals surface area contributed by atoms with Gasteiger partial charge < -0.3 is 51.2 Å². The van der Waals surface area contributed by atoms with Crippen LogP contribution in [-0.4, -0.2) is 143 Å². The van der Waals surface area contributed by atoms with Gasteiger partial charge in [0.15, 0.2) is 0 Å². The van der Waals surface area contributed by atoms with Gasteiger partial charge in [-0.3, -0.25) is 28.8 Å². The number of ether oxygens (including phenoxy) is 2. The van der Waals surface area contributed by atoms with Gasteiger partial charge in [0.2, 0.25) is 35.4 Å². The second kappa shape index (κ2) is 24.4. The van der Waals surface area contributed by atoms with Crippen LogP contribution in [0.1, 0.15) is 140 Å². The van der Waals surface area contributed by atoms with E-state index >= 15 is 0 Å². The van der Waals surface area contributed by atoms with Crippen LogP contribution in [0.2, 0.25) is 0 Å². The summed E-state index contributed by atoms with van der Waals surface area (Å²) in [6.07, 6.45) is 9.26. The SMILES string of the molecule is CN[C@@H](C)C(=O)N[C@H]1CCS[C@H]2CC(C)(C)[C@@H](C(=O)NC3c4ccccc4C[C@H]3OCCCCCCCCO[C@@H]3Cc4ccccc4[C@@H]3NC(=O)[C@H]3N4C(=O)[C@@H](NC(=O)[C@H](C)NC)CCS[C@H]4CC3(C)C)N2C1=O. The van der Waals surface area contributed by atoms with Gasteiger partial charge in [-0.2, -0.15) is 0 Å². The van der Waals surface area contributed by atoms with Crippen molar-refractivity contribution < 1.29 is 38.2 Å². The van der Waals surface area contributed by atoms with E-state index in [4.69, 9.17) is 9.47 Å². The highest BCUT2D eigenvalue weighted by Gasteiger charge is 2.57. The lowest BCUT2D eigenvalue weighted by molar-refractivity contribution is -0.144. The topological polar surface area (TPSA) is 200 Å². The Hall–Kier alpha value is -4.20. The maximum Gasteiger partial charge on any atom is 0.246 e. The smallest absolute Gasteiger partial charge is 0.246 e. The summed E-state index contributed by atoms with van der Waals surface area (Å²) in [5, 5.41) is 18.3. The minimum Gasteiger partial charge on any atom is -0.375 e. The van der Waals surface area contributed by atoms with E-state index in [0.717, 1.165) is 60.8 Å². The summed E-state index contributed by atoms with van der Waals surface area (Å²) in [5.41, 5.74) is 3.46. The normalized spacial score (nSPS) is 29.5. The largest absolute Gasteiger partial charge is 0.375 e. The zero-order chi connectivity index (χ0) is 52.9. The summed E-state index contributed by atoms with van der Waals surface area (Å²) in [6, 6.07) is 12.0. The van der Waals surface area contributed by atoms with Crippen molar-refractivity contribution in [3.05, 3.63) is 70.8 Å². The lowest BCUT2D eigenvalue weighted by atomic mass is 9.83. The fourth-order valence-electron chi connectivity index (χ4n) is 12.2. The van der Waals surface area contributed by atoms with Crippen LogP contribution in [0, 0.1) is 10.8 Å². The van der Waals surface area contributed by atoms with Crippen LogP contribution in [0.4, 0.5) is 0 Å². The molecule has 0 spiro atoms. The molecule has 12 atom stereocenters. The number of rotatable bonds is 21. The van der Waals surface area contributed by atoms with Gasteiger partial charge in [0, 0.05) is 26.1 Å². The van der Waals surface area contributed by atoms with Gasteiger partial charge in [0.05, 0.1) is 47.1 Å². The molecule has 1 unspecified atom stereocenters. The Kier molecular flexibility index (Phi) is 18.5. The number of amides is 6. The van der Waals surface area contributed by atoms with E-state index in [-0.39, 0.29) is 70.5 Å². The minimum absolute atomic E-state index is 0.146. The number of unbranched alkanes of at least 4 members (excludes halogenated alkanes) is 5. The van der Waals surface area contributed by atoms with Crippen LogP contribution >= 0.6 is 23.5 Å². The first kappa shape index (κ1) is 56.0. The molecule has 18 heteroatoms. The van der Waals surface area contributed by atoms with E-state index in [1.54, 1.807) is 61.3 Å².